The minimum Gasteiger partial charge on any atom is -0.279 e. The van der Waals surface area contributed by atoms with Crippen molar-refractivity contribution in [2.24, 2.45) is 0 Å². The summed E-state index contributed by atoms with van der Waals surface area (Å²) in [5.74, 6) is 0.279. The second-order valence-electron chi connectivity index (χ2n) is 8.35. The maximum absolute atomic E-state index is 13.5. The molecule has 0 saturated carbocycles. The van der Waals surface area contributed by atoms with Crippen molar-refractivity contribution in [3.05, 3.63) is 62.7 Å². The van der Waals surface area contributed by atoms with Crippen molar-refractivity contribution in [2.75, 3.05) is 4.72 Å². The molecule has 0 unspecified atom stereocenters. The summed E-state index contributed by atoms with van der Waals surface area (Å²) in [7, 11) is -3.94. The summed E-state index contributed by atoms with van der Waals surface area (Å²) in [5.41, 5.74) is 3.30. The lowest BCUT2D eigenvalue weighted by atomic mass is 9.89. The third kappa shape index (κ3) is 4.96. The van der Waals surface area contributed by atoms with Gasteiger partial charge in [-0.1, -0.05) is 59.7 Å². The predicted molar refractivity (Wildman–Crippen MR) is 117 cm³/mol. The lowest BCUT2D eigenvalue weighted by molar-refractivity contribution is -0.384. The van der Waals surface area contributed by atoms with Crippen LogP contribution >= 0.6 is 0 Å². The first-order valence-corrected chi connectivity index (χ1v) is 11.3. The summed E-state index contributed by atoms with van der Waals surface area (Å²) in [6, 6.07) is 8.11. The van der Waals surface area contributed by atoms with E-state index in [1.54, 1.807) is 13.0 Å². The normalized spacial score (nSPS) is 12.1. The van der Waals surface area contributed by atoms with Gasteiger partial charge in [0, 0.05) is 12.1 Å². The van der Waals surface area contributed by atoms with Crippen LogP contribution < -0.4 is 4.72 Å². The van der Waals surface area contributed by atoms with Crippen LogP contribution in [-0.2, 0) is 10.0 Å². The molecule has 2 rings (SSSR count). The quantitative estimate of drug-likeness (QED) is 0.436. The molecule has 0 spiro atoms. The van der Waals surface area contributed by atoms with E-state index in [0.29, 0.717) is 5.56 Å². The molecule has 0 aromatic heterocycles. The summed E-state index contributed by atoms with van der Waals surface area (Å²) < 4.78 is 29.6. The van der Waals surface area contributed by atoms with E-state index in [1.165, 1.54) is 12.1 Å². The number of nitro benzene ring substituents is 1. The number of nitro groups is 1. The van der Waals surface area contributed by atoms with Crippen LogP contribution in [-0.4, -0.2) is 13.3 Å². The molecule has 1 N–H and O–H groups in total. The van der Waals surface area contributed by atoms with Crippen LogP contribution in [0.1, 0.15) is 81.5 Å². The number of nitrogens with one attached hydrogen (secondary N) is 1. The highest BCUT2D eigenvalue weighted by Crippen LogP contribution is 2.36. The van der Waals surface area contributed by atoms with Crippen molar-refractivity contribution < 1.29 is 13.3 Å². The van der Waals surface area contributed by atoms with Crippen LogP contribution in [0.5, 0.6) is 0 Å². The fraction of sp³-hybridized carbons (Fsp3) is 0.455. The van der Waals surface area contributed by atoms with Crippen LogP contribution in [0.2, 0.25) is 0 Å². The molecule has 0 fully saturated rings. The zero-order valence-corrected chi connectivity index (χ0v) is 18.9. The second kappa shape index (κ2) is 8.53. The highest BCUT2D eigenvalue weighted by Gasteiger charge is 2.27. The number of aryl methyl sites for hydroxylation is 1. The highest BCUT2D eigenvalue weighted by molar-refractivity contribution is 7.92. The SMILES string of the molecule is Cc1ccc([N+](=O)[O-])cc1NS(=O)(=O)c1c(C(C)C)cc(C(C)C)cc1C(C)C. The minimum absolute atomic E-state index is 0.00369. The van der Waals surface area contributed by atoms with Gasteiger partial charge in [-0.15, -0.1) is 0 Å². The number of nitrogens with zero attached hydrogens (tertiary/aromatic N) is 1. The largest absolute Gasteiger partial charge is 0.279 e. The van der Waals surface area contributed by atoms with E-state index in [4.69, 9.17) is 0 Å². The smallest absolute Gasteiger partial charge is 0.271 e. The van der Waals surface area contributed by atoms with E-state index in [0.717, 1.165) is 16.7 Å². The fourth-order valence-electron chi connectivity index (χ4n) is 3.23. The van der Waals surface area contributed by atoms with Gasteiger partial charge < -0.3 is 0 Å². The van der Waals surface area contributed by atoms with Gasteiger partial charge in [-0.3, -0.25) is 14.8 Å². The molecule has 7 heteroatoms. The van der Waals surface area contributed by atoms with Gasteiger partial charge in [0.15, 0.2) is 0 Å². The van der Waals surface area contributed by atoms with Crippen LogP contribution in [0.3, 0.4) is 0 Å². The number of hydrogen-bond acceptors (Lipinski definition) is 4. The predicted octanol–water partition coefficient (Wildman–Crippen LogP) is 6.07. The topological polar surface area (TPSA) is 89.3 Å². The molecule has 0 aliphatic rings. The molecule has 2 aromatic rings. The molecule has 0 radical (unpaired) electrons. The molecule has 0 bridgehead atoms. The van der Waals surface area contributed by atoms with Crippen LogP contribution in [0.25, 0.3) is 0 Å². The van der Waals surface area contributed by atoms with E-state index in [2.05, 4.69) is 18.6 Å². The third-order valence-electron chi connectivity index (χ3n) is 5.02. The van der Waals surface area contributed by atoms with E-state index in [9.17, 15) is 18.5 Å². The Morgan fingerprint density at radius 2 is 1.41 bits per heavy atom. The average Bonchev–Trinajstić information content (AvgIpc) is 2.61. The lowest BCUT2D eigenvalue weighted by Crippen LogP contribution is -2.19. The molecule has 0 aliphatic carbocycles. The van der Waals surface area contributed by atoms with Gasteiger partial charge in [0.25, 0.3) is 15.7 Å². The van der Waals surface area contributed by atoms with Gasteiger partial charge in [-0.05, 0) is 46.9 Å². The second-order valence-corrected chi connectivity index (χ2v) is 9.97. The van der Waals surface area contributed by atoms with Gasteiger partial charge >= 0.3 is 0 Å². The van der Waals surface area contributed by atoms with Crippen LogP contribution in [0.4, 0.5) is 11.4 Å². The number of rotatable bonds is 7. The molecular weight excluding hydrogens is 388 g/mol. The maximum atomic E-state index is 13.5. The number of non-ortho nitro benzene ring substituents is 1. The summed E-state index contributed by atoms with van der Waals surface area (Å²) in [4.78, 5) is 10.9. The van der Waals surface area contributed by atoms with Crippen molar-refractivity contribution in [3.8, 4) is 0 Å². The zero-order valence-electron chi connectivity index (χ0n) is 18.1. The van der Waals surface area contributed by atoms with Crippen molar-refractivity contribution in [2.45, 2.75) is 71.1 Å². The molecule has 0 heterocycles. The third-order valence-corrected chi connectivity index (χ3v) is 6.52. The first-order chi connectivity index (χ1) is 13.3. The summed E-state index contributed by atoms with van der Waals surface area (Å²) in [6.45, 7) is 13.8. The zero-order chi connectivity index (χ0) is 22.1. The van der Waals surface area contributed by atoms with E-state index >= 15 is 0 Å². The van der Waals surface area contributed by atoms with E-state index in [1.807, 2.05) is 39.8 Å². The average molecular weight is 419 g/mol. The van der Waals surface area contributed by atoms with Crippen molar-refractivity contribution in [1.82, 2.24) is 0 Å². The Morgan fingerprint density at radius 3 is 1.83 bits per heavy atom. The van der Waals surface area contributed by atoms with Gasteiger partial charge in [0.1, 0.15) is 0 Å². The first kappa shape index (κ1) is 22.9. The molecule has 0 atom stereocenters. The van der Waals surface area contributed by atoms with E-state index in [-0.39, 0.29) is 34.0 Å². The van der Waals surface area contributed by atoms with Crippen LogP contribution in [0, 0.1) is 17.0 Å². The fourth-order valence-corrected chi connectivity index (χ4v) is 5.05. The van der Waals surface area contributed by atoms with Crippen molar-refractivity contribution in [3.63, 3.8) is 0 Å². The molecule has 0 saturated heterocycles. The number of anilines is 1. The lowest BCUT2D eigenvalue weighted by Gasteiger charge is -2.23. The monoisotopic (exact) mass is 418 g/mol. The van der Waals surface area contributed by atoms with E-state index < -0.39 is 14.9 Å². The molecule has 0 amide bonds. The van der Waals surface area contributed by atoms with Crippen molar-refractivity contribution >= 4 is 21.4 Å². The Balaban J connectivity index is 2.72. The number of benzene rings is 2. The molecule has 158 valence electrons. The standard InChI is InChI=1S/C22H30N2O4S/c1-13(2)17-10-19(14(3)4)22(20(11-17)15(5)6)29(27,28)23-21-12-18(24(25)26)9-8-16(21)7/h8-15,23H,1-7H3. The van der Waals surface area contributed by atoms with Gasteiger partial charge in [-0.25, -0.2) is 8.42 Å². The molecular formula is C22H30N2O4S. The Labute approximate surface area is 173 Å². The summed E-state index contributed by atoms with van der Waals surface area (Å²) in [6.07, 6.45) is 0. The summed E-state index contributed by atoms with van der Waals surface area (Å²) >= 11 is 0. The molecule has 6 nitrogen and oxygen atoms in total. The maximum Gasteiger partial charge on any atom is 0.271 e. The Hall–Kier alpha value is -2.41. The Morgan fingerprint density at radius 1 is 0.897 bits per heavy atom. The van der Waals surface area contributed by atoms with Gasteiger partial charge in [0.05, 0.1) is 15.5 Å². The molecule has 2 aromatic carbocycles. The van der Waals surface area contributed by atoms with Crippen molar-refractivity contribution in [1.29, 1.82) is 0 Å². The van der Waals surface area contributed by atoms with Gasteiger partial charge in [-0.2, -0.15) is 0 Å². The number of sulfonamides is 1. The van der Waals surface area contributed by atoms with Gasteiger partial charge in [0.2, 0.25) is 0 Å². The molecule has 0 aliphatic heterocycles. The molecule has 29 heavy (non-hydrogen) atoms. The highest BCUT2D eigenvalue weighted by atomic mass is 32.2. The number of hydrogen-bond donors (Lipinski definition) is 1. The first-order valence-electron chi connectivity index (χ1n) is 9.80. The minimum atomic E-state index is -3.94. The Kier molecular flexibility index (Phi) is 6.73. The Bertz CT molecular complexity index is 996. The van der Waals surface area contributed by atoms with Crippen LogP contribution in [0.15, 0.2) is 35.2 Å². The summed E-state index contributed by atoms with van der Waals surface area (Å²) in [5, 5.41) is 11.1.